The van der Waals surface area contributed by atoms with Gasteiger partial charge in [-0.3, -0.25) is 0 Å². The van der Waals surface area contributed by atoms with Crippen LogP contribution in [0.4, 0.5) is 0 Å². The molecular formula is C31H34ClN3O3S. The van der Waals surface area contributed by atoms with Gasteiger partial charge in [0.2, 0.25) is 6.10 Å². The van der Waals surface area contributed by atoms with E-state index in [2.05, 4.69) is 34.7 Å². The van der Waals surface area contributed by atoms with Crippen LogP contribution in [0.15, 0.2) is 78.0 Å². The van der Waals surface area contributed by atoms with Crippen molar-refractivity contribution in [2.75, 3.05) is 0 Å². The van der Waals surface area contributed by atoms with Crippen LogP contribution in [0, 0.1) is 0 Å². The molecule has 0 saturated carbocycles. The summed E-state index contributed by atoms with van der Waals surface area (Å²) >= 11 is 7.71. The Labute approximate surface area is 239 Å². The lowest BCUT2D eigenvalue weighted by Crippen LogP contribution is -2.19. The van der Waals surface area contributed by atoms with Gasteiger partial charge in [0, 0.05) is 22.8 Å². The van der Waals surface area contributed by atoms with Crippen LogP contribution >= 0.6 is 23.4 Å². The maximum atomic E-state index is 12.0. The van der Waals surface area contributed by atoms with Crippen LogP contribution in [0.25, 0.3) is 0 Å². The molecule has 4 aromatic rings. The fraction of sp³-hybridized carbons (Fsp3) is 0.323. The van der Waals surface area contributed by atoms with E-state index in [1.165, 1.54) is 5.56 Å². The van der Waals surface area contributed by atoms with Gasteiger partial charge in [-0.25, -0.2) is 4.79 Å². The number of benzene rings is 3. The Morgan fingerprint density at radius 3 is 2.41 bits per heavy atom. The molecule has 0 spiro atoms. The molecular weight excluding hydrogens is 530 g/mol. The number of carboxylic acid groups (broad SMARTS) is 1. The van der Waals surface area contributed by atoms with Gasteiger partial charge in [0.25, 0.3) is 0 Å². The fourth-order valence-corrected chi connectivity index (χ4v) is 5.38. The molecule has 0 aliphatic rings. The summed E-state index contributed by atoms with van der Waals surface area (Å²) in [6, 6.07) is 23.0. The quantitative estimate of drug-likeness (QED) is 0.158. The molecule has 1 N–H and O–H groups in total. The summed E-state index contributed by atoms with van der Waals surface area (Å²) in [5.74, 6) is 1.33. The molecule has 0 amide bonds. The van der Waals surface area contributed by atoms with Gasteiger partial charge in [-0.15, -0.1) is 10.2 Å². The number of nitrogens with zero attached hydrogens (tertiary/aromatic N) is 3. The van der Waals surface area contributed by atoms with Crippen LogP contribution in [0.2, 0.25) is 5.02 Å². The van der Waals surface area contributed by atoms with Crippen molar-refractivity contribution in [3.05, 3.63) is 106 Å². The normalized spacial score (nSPS) is 11.9. The minimum atomic E-state index is -1.07. The predicted octanol–water partition coefficient (Wildman–Crippen LogP) is 7.77. The van der Waals surface area contributed by atoms with Crippen LogP contribution in [-0.4, -0.2) is 25.8 Å². The van der Waals surface area contributed by atoms with E-state index < -0.39 is 12.1 Å². The second-order valence-corrected chi connectivity index (χ2v) is 10.8. The van der Waals surface area contributed by atoms with Crippen molar-refractivity contribution in [3.63, 3.8) is 0 Å². The lowest BCUT2D eigenvalue weighted by molar-refractivity contribution is -0.145. The number of thioether (sulfide) groups is 1. The number of hydrogen-bond acceptors (Lipinski definition) is 5. The van der Waals surface area contributed by atoms with Crippen LogP contribution in [0.5, 0.6) is 5.75 Å². The number of aromatic nitrogens is 3. The first-order valence-corrected chi connectivity index (χ1v) is 14.7. The second-order valence-electron chi connectivity index (χ2n) is 9.44. The van der Waals surface area contributed by atoms with Crippen LogP contribution in [-0.2, 0) is 29.9 Å². The molecule has 0 saturated heterocycles. The van der Waals surface area contributed by atoms with Crippen molar-refractivity contribution < 1.29 is 14.6 Å². The third-order valence-corrected chi connectivity index (χ3v) is 7.67. The summed E-state index contributed by atoms with van der Waals surface area (Å²) in [6.45, 7) is 4.91. The number of carbonyl (C=O) groups is 1. The Hall–Kier alpha value is -3.29. The Morgan fingerprint density at radius 1 is 0.974 bits per heavy atom. The summed E-state index contributed by atoms with van der Waals surface area (Å²) in [7, 11) is 0. The number of hydrogen-bond donors (Lipinski definition) is 1. The Morgan fingerprint density at radius 2 is 1.72 bits per heavy atom. The molecule has 8 heteroatoms. The van der Waals surface area contributed by atoms with E-state index in [4.69, 9.17) is 16.3 Å². The average Bonchev–Trinajstić information content (AvgIpc) is 3.32. The molecule has 3 aromatic carbocycles. The molecule has 6 nitrogen and oxygen atoms in total. The van der Waals surface area contributed by atoms with E-state index in [-0.39, 0.29) is 0 Å². The third kappa shape index (κ3) is 7.87. The largest absolute Gasteiger partial charge is 0.478 e. The molecule has 0 radical (unpaired) electrons. The minimum absolute atomic E-state index is 0.601. The lowest BCUT2D eigenvalue weighted by Gasteiger charge is -2.19. The number of rotatable bonds is 14. The number of carboxylic acids is 1. The van der Waals surface area contributed by atoms with Gasteiger partial charge in [-0.2, -0.15) is 0 Å². The monoisotopic (exact) mass is 563 g/mol. The summed E-state index contributed by atoms with van der Waals surface area (Å²) in [4.78, 5) is 12.0. The van der Waals surface area contributed by atoms with Crippen molar-refractivity contribution in [2.24, 2.45) is 0 Å². The standard InChI is InChI=1S/C31H34ClN3O3S/c1-3-5-12-28-33-34-31(39-21-22-13-16-26(32)17-14-22)35(28)20-23-15-18-27(25(19-23)9-4-2)38-29(30(36)37)24-10-7-6-8-11-24/h6-8,10-11,13-19,29H,3-5,9,12,20-21H2,1-2H3,(H,36,37). The topological polar surface area (TPSA) is 77.2 Å². The van der Waals surface area contributed by atoms with Gasteiger partial charge in [0.15, 0.2) is 5.16 Å². The van der Waals surface area contributed by atoms with Gasteiger partial charge >= 0.3 is 5.97 Å². The number of ether oxygens (including phenoxy) is 1. The molecule has 1 unspecified atom stereocenters. The fourth-order valence-electron chi connectivity index (χ4n) is 4.34. The summed E-state index contributed by atoms with van der Waals surface area (Å²) in [5, 5.41) is 20.5. The Balaban J connectivity index is 1.58. The third-order valence-electron chi connectivity index (χ3n) is 6.38. The second kappa shape index (κ2) is 14.2. The van der Waals surface area contributed by atoms with E-state index in [0.717, 1.165) is 65.0 Å². The van der Waals surface area contributed by atoms with E-state index in [1.807, 2.05) is 54.6 Å². The summed E-state index contributed by atoms with van der Waals surface area (Å²) < 4.78 is 8.29. The zero-order valence-corrected chi connectivity index (χ0v) is 23.9. The molecule has 4 rings (SSSR count). The van der Waals surface area contributed by atoms with E-state index in [9.17, 15) is 9.90 Å². The van der Waals surface area contributed by atoms with Crippen LogP contribution in [0.1, 0.15) is 67.3 Å². The molecule has 0 aliphatic carbocycles. The number of unbranched alkanes of at least 4 members (excludes halogenated alkanes) is 1. The minimum Gasteiger partial charge on any atom is -0.478 e. The SMILES string of the molecule is CCCCc1nnc(SCc2ccc(Cl)cc2)n1Cc1ccc(OC(C(=O)O)c2ccccc2)c(CCC)c1. The molecule has 1 aromatic heterocycles. The number of halogens is 1. The zero-order chi connectivity index (χ0) is 27.6. The van der Waals surface area contributed by atoms with E-state index >= 15 is 0 Å². The molecule has 0 aliphatic heterocycles. The number of aliphatic carboxylic acids is 1. The molecule has 0 fully saturated rings. The maximum absolute atomic E-state index is 12.0. The zero-order valence-electron chi connectivity index (χ0n) is 22.3. The number of aryl methyl sites for hydroxylation is 2. The summed E-state index contributed by atoms with van der Waals surface area (Å²) in [5.41, 5.74) is 3.88. The molecule has 39 heavy (non-hydrogen) atoms. The van der Waals surface area contributed by atoms with Crippen LogP contribution in [0.3, 0.4) is 0 Å². The first kappa shape index (κ1) is 28.7. The van der Waals surface area contributed by atoms with Crippen molar-refractivity contribution in [1.82, 2.24) is 14.8 Å². The highest BCUT2D eigenvalue weighted by atomic mass is 35.5. The highest BCUT2D eigenvalue weighted by molar-refractivity contribution is 7.98. The van der Waals surface area contributed by atoms with Gasteiger partial charge in [-0.1, -0.05) is 105 Å². The van der Waals surface area contributed by atoms with Gasteiger partial charge < -0.3 is 14.4 Å². The molecule has 1 atom stereocenters. The first-order valence-electron chi connectivity index (χ1n) is 13.3. The Bertz CT molecular complexity index is 1360. The van der Waals surface area contributed by atoms with E-state index in [0.29, 0.717) is 17.9 Å². The van der Waals surface area contributed by atoms with Crippen molar-refractivity contribution in [3.8, 4) is 5.75 Å². The average molecular weight is 564 g/mol. The molecule has 204 valence electrons. The van der Waals surface area contributed by atoms with Gasteiger partial charge in [0.1, 0.15) is 11.6 Å². The lowest BCUT2D eigenvalue weighted by atomic mass is 10.0. The maximum Gasteiger partial charge on any atom is 0.349 e. The molecule has 0 bridgehead atoms. The van der Waals surface area contributed by atoms with Crippen molar-refractivity contribution in [1.29, 1.82) is 0 Å². The summed E-state index contributed by atoms with van der Waals surface area (Å²) in [6.07, 6.45) is 3.63. The van der Waals surface area contributed by atoms with Gasteiger partial charge in [-0.05, 0) is 47.7 Å². The molecule has 1 heterocycles. The van der Waals surface area contributed by atoms with Crippen molar-refractivity contribution in [2.45, 2.75) is 69.5 Å². The smallest absolute Gasteiger partial charge is 0.349 e. The predicted molar refractivity (Wildman–Crippen MR) is 157 cm³/mol. The highest BCUT2D eigenvalue weighted by Gasteiger charge is 2.23. The highest BCUT2D eigenvalue weighted by Crippen LogP contribution is 2.30. The van der Waals surface area contributed by atoms with Crippen molar-refractivity contribution >= 4 is 29.3 Å². The van der Waals surface area contributed by atoms with E-state index in [1.54, 1.807) is 23.9 Å². The first-order chi connectivity index (χ1) is 19.0. The van der Waals surface area contributed by atoms with Crippen LogP contribution < -0.4 is 4.74 Å². The Kier molecular flexibility index (Phi) is 10.5. The van der Waals surface area contributed by atoms with Gasteiger partial charge in [0.05, 0.1) is 6.54 Å².